The summed E-state index contributed by atoms with van der Waals surface area (Å²) in [5.74, 6) is 0. The second-order valence-corrected chi connectivity index (χ2v) is 8.84. The minimum atomic E-state index is 0.0456. The van der Waals surface area contributed by atoms with Crippen molar-refractivity contribution in [1.29, 1.82) is 0 Å². The van der Waals surface area contributed by atoms with Gasteiger partial charge in [-0.05, 0) is 19.8 Å². The largest absolute Gasteiger partial charge is 0.372 e. The van der Waals surface area contributed by atoms with Crippen LogP contribution in [0.5, 0.6) is 0 Å². The summed E-state index contributed by atoms with van der Waals surface area (Å²) in [7, 11) is 0. The van der Waals surface area contributed by atoms with Crippen molar-refractivity contribution in [2.75, 3.05) is 32.8 Å². The van der Waals surface area contributed by atoms with Crippen LogP contribution in [0, 0.1) is 6.92 Å². The van der Waals surface area contributed by atoms with E-state index in [0.29, 0.717) is 0 Å². The third-order valence-corrected chi connectivity index (χ3v) is 6.58. The predicted molar refractivity (Wildman–Crippen MR) is 97.4 cm³/mol. The van der Waals surface area contributed by atoms with Gasteiger partial charge in [0.25, 0.3) is 0 Å². The quantitative estimate of drug-likeness (QED) is 0.834. The normalized spacial score (nSPS) is 22.2. The predicted octanol–water partition coefficient (Wildman–Crippen LogP) is 2.78. The van der Waals surface area contributed by atoms with Gasteiger partial charge in [-0.3, -0.25) is 9.80 Å². The number of rotatable bonds is 4. The van der Waals surface area contributed by atoms with E-state index in [1.54, 1.807) is 22.7 Å². The highest BCUT2D eigenvalue weighted by atomic mass is 32.1. The number of aromatic nitrogens is 2. The Kier molecular flexibility index (Phi) is 4.96. The molecule has 0 amide bonds. The molecule has 2 saturated heterocycles. The van der Waals surface area contributed by atoms with Crippen LogP contribution in [0.25, 0.3) is 0 Å². The summed E-state index contributed by atoms with van der Waals surface area (Å²) < 4.78 is 6.26. The number of hydrogen-bond donors (Lipinski definition) is 0. The molecule has 2 aliphatic heterocycles. The molecule has 2 aromatic heterocycles. The monoisotopic (exact) mass is 364 g/mol. The number of ether oxygens (including phenoxy) is 1. The van der Waals surface area contributed by atoms with Crippen molar-refractivity contribution < 1.29 is 4.74 Å². The zero-order chi connectivity index (χ0) is 16.4. The van der Waals surface area contributed by atoms with Gasteiger partial charge < -0.3 is 4.74 Å². The lowest BCUT2D eigenvalue weighted by atomic mass is 9.89. The molecule has 0 aliphatic carbocycles. The molecule has 5 nitrogen and oxygen atoms in total. The summed E-state index contributed by atoms with van der Waals surface area (Å²) in [5.41, 5.74) is 1.26. The first-order valence-electron chi connectivity index (χ1n) is 8.59. The zero-order valence-corrected chi connectivity index (χ0v) is 15.7. The first-order chi connectivity index (χ1) is 11.7. The molecule has 0 unspecified atom stereocenters. The Morgan fingerprint density at radius 1 is 1.17 bits per heavy atom. The number of piperidine rings is 1. The lowest BCUT2D eigenvalue weighted by Crippen LogP contribution is -2.56. The molecule has 0 saturated carbocycles. The Morgan fingerprint density at radius 2 is 2.04 bits per heavy atom. The maximum absolute atomic E-state index is 6.26. The Labute approximate surface area is 151 Å². The number of likely N-dealkylation sites (tertiary alicyclic amines) is 1. The van der Waals surface area contributed by atoms with Gasteiger partial charge in [0.2, 0.25) is 0 Å². The number of nitrogens with zero attached hydrogens (tertiary/aromatic N) is 4. The van der Waals surface area contributed by atoms with E-state index in [0.717, 1.165) is 63.7 Å². The number of hydrogen-bond acceptors (Lipinski definition) is 7. The van der Waals surface area contributed by atoms with Crippen LogP contribution < -0.4 is 0 Å². The van der Waals surface area contributed by atoms with Gasteiger partial charge >= 0.3 is 0 Å². The number of morpholine rings is 1. The highest BCUT2D eigenvalue weighted by Crippen LogP contribution is 2.31. The first kappa shape index (κ1) is 16.6. The average molecular weight is 365 g/mol. The second-order valence-electron chi connectivity index (χ2n) is 6.80. The summed E-state index contributed by atoms with van der Waals surface area (Å²) in [6.07, 6.45) is 4.13. The van der Waals surface area contributed by atoms with Gasteiger partial charge in [0.05, 0.1) is 29.5 Å². The molecule has 7 heteroatoms. The van der Waals surface area contributed by atoms with Crippen LogP contribution in [0.1, 0.15) is 28.6 Å². The van der Waals surface area contributed by atoms with Crippen LogP contribution in [-0.2, 0) is 17.8 Å². The smallest absolute Gasteiger partial charge is 0.107 e. The van der Waals surface area contributed by atoms with Gasteiger partial charge in [0.15, 0.2) is 0 Å². The van der Waals surface area contributed by atoms with Gasteiger partial charge in [0.1, 0.15) is 5.01 Å². The first-order valence-corrected chi connectivity index (χ1v) is 10.3. The fraction of sp³-hybridized carbons (Fsp3) is 0.647. The van der Waals surface area contributed by atoms with Crippen LogP contribution >= 0.6 is 22.7 Å². The molecule has 24 heavy (non-hydrogen) atoms. The van der Waals surface area contributed by atoms with E-state index in [1.807, 2.05) is 6.20 Å². The van der Waals surface area contributed by atoms with Crippen LogP contribution in [0.15, 0.2) is 17.0 Å². The molecule has 2 aliphatic rings. The maximum atomic E-state index is 6.26. The average Bonchev–Trinajstić information content (AvgIpc) is 3.22. The summed E-state index contributed by atoms with van der Waals surface area (Å²) in [6, 6.07) is 0. The topological polar surface area (TPSA) is 41.5 Å². The SMILES string of the molecule is Cc1nc(CN2CCC3(CC2)CN(Cc2nccs2)CCO3)cs1. The third kappa shape index (κ3) is 3.86. The van der Waals surface area contributed by atoms with Gasteiger partial charge in [-0.2, -0.15) is 0 Å². The third-order valence-electron chi connectivity index (χ3n) is 4.99. The summed E-state index contributed by atoms with van der Waals surface area (Å²) in [5, 5.41) is 6.62. The van der Waals surface area contributed by atoms with Crippen molar-refractivity contribution in [2.24, 2.45) is 0 Å². The van der Waals surface area contributed by atoms with E-state index in [9.17, 15) is 0 Å². The fourth-order valence-electron chi connectivity index (χ4n) is 3.71. The lowest BCUT2D eigenvalue weighted by Gasteiger charge is -2.47. The van der Waals surface area contributed by atoms with Crippen molar-refractivity contribution in [1.82, 2.24) is 19.8 Å². The Bertz CT molecular complexity index is 649. The highest BCUT2D eigenvalue weighted by Gasteiger charge is 2.39. The van der Waals surface area contributed by atoms with E-state index < -0.39 is 0 Å². The van der Waals surface area contributed by atoms with Crippen molar-refractivity contribution in [3.8, 4) is 0 Å². The molecule has 0 atom stereocenters. The molecular formula is C17H24N4OS2. The number of thiazole rings is 2. The molecule has 130 valence electrons. The minimum absolute atomic E-state index is 0.0456. The molecule has 4 rings (SSSR count). The molecule has 0 aromatic carbocycles. The van der Waals surface area contributed by atoms with Gasteiger partial charge in [-0.15, -0.1) is 22.7 Å². The van der Waals surface area contributed by atoms with Crippen molar-refractivity contribution in [3.05, 3.63) is 32.7 Å². The van der Waals surface area contributed by atoms with E-state index in [4.69, 9.17) is 4.74 Å². The van der Waals surface area contributed by atoms with Gasteiger partial charge in [0, 0.05) is 49.7 Å². The van der Waals surface area contributed by atoms with E-state index in [2.05, 4.69) is 37.5 Å². The van der Waals surface area contributed by atoms with Crippen molar-refractivity contribution in [3.63, 3.8) is 0 Å². The Hall–Kier alpha value is -0.860. The molecule has 0 bridgehead atoms. The van der Waals surface area contributed by atoms with Crippen molar-refractivity contribution in [2.45, 2.75) is 38.5 Å². The number of aryl methyl sites for hydroxylation is 1. The summed E-state index contributed by atoms with van der Waals surface area (Å²) in [6.45, 7) is 9.11. The summed E-state index contributed by atoms with van der Waals surface area (Å²) >= 11 is 3.49. The van der Waals surface area contributed by atoms with Crippen LogP contribution in [-0.4, -0.2) is 58.2 Å². The molecule has 2 aromatic rings. The Balaban J connectivity index is 1.31. The molecular weight excluding hydrogens is 340 g/mol. The maximum Gasteiger partial charge on any atom is 0.107 e. The fourth-order valence-corrected chi connectivity index (χ4v) is 4.97. The van der Waals surface area contributed by atoms with Gasteiger partial charge in [-0.25, -0.2) is 9.97 Å². The van der Waals surface area contributed by atoms with Crippen molar-refractivity contribution >= 4 is 22.7 Å². The molecule has 0 radical (unpaired) electrons. The van der Waals surface area contributed by atoms with Crippen LogP contribution in [0.3, 0.4) is 0 Å². The molecule has 1 spiro atoms. The lowest BCUT2D eigenvalue weighted by molar-refractivity contribution is -0.138. The molecule has 2 fully saturated rings. The Morgan fingerprint density at radius 3 is 2.75 bits per heavy atom. The standard InChI is InChI=1S/C17H24N4OS2/c1-14-19-15(12-24-14)10-20-5-2-17(3-6-20)13-21(7-8-22-17)11-16-18-4-9-23-16/h4,9,12H,2-3,5-8,10-11,13H2,1H3. The van der Waals surface area contributed by atoms with E-state index in [1.165, 1.54) is 10.7 Å². The minimum Gasteiger partial charge on any atom is -0.372 e. The second kappa shape index (κ2) is 7.17. The zero-order valence-electron chi connectivity index (χ0n) is 14.1. The van der Waals surface area contributed by atoms with Gasteiger partial charge in [-0.1, -0.05) is 0 Å². The summed E-state index contributed by atoms with van der Waals surface area (Å²) in [4.78, 5) is 14.1. The van der Waals surface area contributed by atoms with E-state index >= 15 is 0 Å². The van der Waals surface area contributed by atoms with Crippen LogP contribution in [0.2, 0.25) is 0 Å². The van der Waals surface area contributed by atoms with Crippen LogP contribution in [0.4, 0.5) is 0 Å². The highest BCUT2D eigenvalue weighted by molar-refractivity contribution is 7.09. The molecule has 0 N–H and O–H groups in total. The van der Waals surface area contributed by atoms with E-state index in [-0.39, 0.29) is 5.60 Å². The molecule has 4 heterocycles.